The summed E-state index contributed by atoms with van der Waals surface area (Å²) < 4.78 is 124. The van der Waals surface area contributed by atoms with E-state index < -0.39 is 77.1 Å². The SMILES string of the molecule is CC(C)[Si](Oc1c(F)c(F)c2c(c1F)C(F)(F)c1c(F)cc(F)c(F)c1-2)(C(C)C)C(C)C. The van der Waals surface area contributed by atoms with Crippen LogP contribution in [0.25, 0.3) is 11.1 Å². The highest BCUT2D eigenvalue weighted by Gasteiger charge is 2.55. The van der Waals surface area contributed by atoms with Crippen LogP contribution in [-0.4, -0.2) is 8.32 Å². The molecule has 0 atom stereocenters. The molecule has 0 N–H and O–H groups in total. The molecule has 176 valence electrons. The molecule has 32 heavy (non-hydrogen) atoms. The van der Waals surface area contributed by atoms with E-state index in [1.165, 1.54) is 0 Å². The Bertz CT molecular complexity index is 1070. The maximum absolute atomic E-state index is 15.4. The van der Waals surface area contributed by atoms with Crippen LogP contribution in [0.15, 0.2) is 6.07 Å². The lowest BCUT2D eigenvalue weighted by Crippen LogP contribution is -2.51. The number of hydrogen-bond donors (Lipinski definition) is 0. The second kappa shape index (κ2) is 7.74. The largest absolute Gasteiger partial charge is 0.539 e. The summed E-state index contributed by atoms with van der Waals surface area (Å²) in [7, 11) is -3.14. The van der Waals surface area contributed by atoms with Crippen LogP contribution in [0, 0.1) is 34.9 Å². The van der Waals surface area contributed by atoms with E-state index in [1.807, 2.05) is 0 Å². The molecule has 0 heterocycles. The summed E-state index contributed by atoms with van der Waals surface area (Å²) in [5, 5.41) is 0. The van der Waals surface area contributed by atoms with Gasteiger partial charge in [0.05, 0.1) is 11.1 Å². The fourth-order valence-corrected chi connectivity index (χ4v) is 10.3. The van der Waals surface area contributed by atoms with Gasteiger partial charge in [-0.1, -0.05) is 41.5 Å². The van der Waals surface area contributed by atoms with Crippen molar-refractivity contribution in [3.63, 3.8) is 0 Å². The van der Waals surface area contributed by atoms with Crippen LogP contribution in [-0.2, 0) is 5.92 Å². The zero-order valence-corrected chi connectivity index (χ0v) is 19.2. The van der Waals surface area contributed by atoms with Gasteiger partial charge in [0.1, 0.15) is 5.82 Å². The molecule has 3 rings (SSSR count). The summed E-state index contributed by atoms with van der Waals surface area (Å²) in [5.41, 5.74) is -7.36. The van der Waals surface area contributed by atoms with Crippen molar-refractivity contribution in [2.75, 3.05) is 0 Å². The van der Waals surface area contributed by atoms with Crippen LogP contribution in [0.4, 0.5) is 35.1 Å². The number of rotatable bonds is 5. The Morgan fingerprint density at radius 3 is 1.59 bits per heavy atom. The number of halogens is 8. The average molecular weight is 482 g/mol. The quantitative estimate of drug-likeness (QED) is 0.237. The van der Waals surface area contributed by atoms with E-state index in [-0.39, 0.29) is 22.7 Å². The first-order chi connectivity index (χ1) is 14.6. The zero-order valence-electron chi connectivity index (χ0n) is 18.2. The fraction of sp³-hybridized carbons (Fsp3) is 0.455. The normalized spacial score (nSPS) is 15.0. The van der Waals surface area contributed by atoms with Crippen molar-refractivity contribution in [1.29, 1.82) is 0 Å². The third kappa shape index (κ3) is 3.08. The Morgan fingerprint density at radius 1 is 0.656 bits per heavy atom. The molecule has 0 aliphatic heterocycles. The van der Waals surface area contributed by atoms with Gasteiger partial charge in [0.2, 0.25) is 5.82 Å². The highest BCUT2D eigenvalue weighted by atomic mass is 28.4. The van der Waals surface area contributed by atoms with E-state index in [1.54, 1.807) is 41.5 Å². The second-order valence-corrected chi connectivity index (χ2v) is 14.3. The third-order valence-electron chi connectivity index (χ3n) is 6.32. The van der Waals surface area contributed by atoms with Crippen molar-refractivity contribution in [3.05, 3.63) is 52.1 Å². The van der Waals surface area contributed by atoms with E-state index in [4.69, 9.17) is 4.43 Å². The molecule has 0 saturated heterocycles. The third-order valence-corrected chi connectivity index (χ3v) is 12.3. The number of benzene rings is 2. The zero-order chi connectivity index (χ0) is 24.5. The molecule has 0 bridgehead atoms. The topological polar surface area (TPSA) is 9.23 Å². The summed E-state index contributed by atoms with van der Waals surface area (Å²) in [4.78, 5) is 0. The summed E-state index contributed by atoms with van der Waals surface area (Å²) in [6.07, 6.45) is 0. The smallest absolute Gasteiger partial charge is 0.305 e. The highest BCUT2D eigenvalue weighted by Crippen LogP contribution is 2.57. The van der Waals surface area contributed by atoms with E-state index in [9.17, 15) is 13.2 Å². The van der Waals surface area contributed by atoms with Gasteiger partial charge in [0.15, 0.2) is 29.0 Å². The summed E-state index contributed by atoms with van der Waals surface area (Å²) in [6, 6.07) is -0.147. The molecule has 0 radical (unpaired) electrons. The van der Waals surface area contributed by atoms with Gasteiger partial charge in [-0.15, -0.1) is 0 Å². The molecule has 0 amide bonds. The maximum Gasteiger partial charge on any atom is 0.305 e. The Kier molecular flexibility index (Phi) is 5.94. The molecule has 2 aromatic carbocycles. The predicted octanol–water partition coefficient (Wildman–Crippen LogP) is 8.20. The van der Waals surface area contributed by atoms with Crippen molar-refractivity contribution in [2.24, 2.45) is 0 Å². The van der Waals surface area contributed by atoms with Crippen molar-refractivity contribution in [1.82, 2.24) is 0 Å². The van der Waals surface area contributed by atoms with Crippen LogP contribution < -0.4 is 4.43 Å². The molecule has 1 nitrogen and oxygen atoms in total. The van der Waals surface area contributed by atoms with Gasteiger partial charge >= 0.3 is 5.92 Å². The summed E-state index contributed by atoms with van der Waals surface area (Å²) in [6.45, 7) is 10.5. The van der Waals surface area contributed by atoms with Gasteiger partial charge in [-0.2, -0.15) is 13.2 Å². The molecule has 0 aromatic heterocycles. The molecule has 1 aliphatic carbocycles. The van der Waals surface area contributed by atoms with E-state index >= 15 is 22.0 Å². The average Bonchev–Trinajstić information content (AvgIpc) is 2.91. The van der Waals surface area contributed by atoms with Crippen molar-refractivity contribution >= 4 is 8.32 Å². The molecular formula is C22H22F8OSi. The molecule has 0 spiro atoms. The first kappa shape index (κ1) is 24.5. The van der Waals surface area contributed by atoms with Gasteiger partial charge in [0, 0.05) is 17.2 Å². The van der Waals surface area contributed by atoms with Crippen molar-refractivity contribution < 1.29 is 39.5 Å². The van der Waals surface area contributed by atoms with E-state index in [2.05, 4.69) is 0 Å². The van der Waals surface area contributed by atoms with Gasteiger partial charge in [0.25, 0.3) is 8.32 Å². The van der Waals surface area contributed by atoms with Gasteiger partial charge < -0.3 is 4.43 Å². The van der Waals surface area contributed by atoms with Crippen LogP contribution in [0.1, 0.15) is 52.7 Å². The minimum absolute atomic E-state index is 0.147. The van der Waals surface area contributed by atoms with Gasteiger partial charge in [-0.3, -0.25) is 0 Å². The first-order valence-corrected chi connectivity index (χ1v) is 12.2. The molecule has 2 aromatic rings. The fourth-order valence-electron chi connectivity index (χ4n) is 5.05. The van der Waals surface area contributed by atoms with Crippen LogP contribution in [0.5, 0.6) is 5.75 Å². The van der Waals surface area contributed by atoms with Gasteiger partial charge in [-0.05, 0) is 16.6 Å². The van der Waals surface area contributed by atoms with Crippen molar-refractivity contribution in [2.45, 2.75) is 64.1 Å². The second-order valence-electron chi connectivity index (χ2n) is 8.92. The van der Waals surface area contributed by atoms with E-state index in [0.717, 1.165) is 0 Å². The minimum Gasteiger partial charge on any atom is -0.539 e. The Hall–Kier alpha value is -2.10. The monoisotopic (exact) mass is 482 g/mol. The van der Waals surface area contributed by atoms with Crippen LogP contribution in [0.2, 0.25) is 16.6 Å². The van der Waals surface area contributed by atoms with Crippen LogP contribution >= 0.6 is 0 Å². The highest BCUT2D eigenvalue weighted by molar-refractivity contribution is 6.78. The molecule has 0 fully saturated rings. The number of alkyl halides is 2. The summed E-state index contributed by atoms with van der Waals surface area (Å²) in [5.74, 6) is -17.7. The first-order valence-electron chi connectivity index (χ1n) is 10.1. The van der Waals surface area contributed by atoms with Crippen molar-refractivity contribution in [3.8, 4) is 16.9 Å². The van der Waals surface area contributed by atoms with Gasteiger partial charge in [-0.25, -0.2) is 22.0 Å². The maximum atomic E-state index is 15.4. The predicted molar refractivity (Wildman–Crippen MR) is 106 cm³/mol. The Balaban J connectivity index is 2.40. The molecule has 0 saturated carbocycles. The minimum atomic E-state index is -4.59. The lowest BCUT2D eigenvalue weighted by molar-refractivity contribution is 0.0394. The Morgan fingerprint density at radius 2 is 1.12 bits per heavy atom. The molecule has 0 unspecified atom stereocenters. The lowest BCUT2D eigenvalue weighted by Gasteiger charge is -2.42. The van der Waals surface area contributed by atoms with E-state index in [0.29, 0.717) is 0 Å². The summed E-state index contributed by atoms with van der Waals surface area (Å²) >= 11 is 0. The lowest BCUT2D eigenvalue weighted by atomic mass is 10.0. The van der Waals surface area contributed by atoms with Crippen LogP contribution in [0.3, 0.4) is 0 Å². The number of hydrogen-bond acceptors (Lipinski definition) is 1. The molecule has 1 aliphatic rings. The molecule has 10 heteroatoms. The Labute approximate surface area is 181 Å². The molecular weight excluding hydrogens is 460 g/mol. The standard InChI is InChI=1S/C22H22F8OSi/c1-8(2)32(9(3)4,10(5)6)31-21-19(27)16-14(18(26)20(21)28)13-15(22(16,29)30)11(23)7-12(24)17(13)25/h7-10H,1-6H3. The number of fused-ring (bicyclic) bond motifs is 3.